The van der Waals surface area contributed by atoms with Crippen LogP contribution in [0.1, 0.15) is 16.7 Å². The molecule has 2 aromatic carbocycles. The van der Waals surface area contributed by atoms with Crippen LogP contribution in [0.15, 0.2) is 79.1 Å². The highest BCUT2D eigenvalue weighted by molar-refractivity contribution is 5.23. The lowest BCUT2D eigenvalue weighted by Crippen LogP contribution is -2.33. The van der Waals surface area contributed by atoms with Crippen molar-refractivity contribution in [3.63, 3.8) is 0 Å². The molecule has 104 valence electrons. The second-order valence-corrected chi connectivity index (χ2v) is 5.17. The fraction of sp³-hybridized carbons (Fsp3) is 0.105. The van der Waals surface area contributed by atoms with E-state index in [9.17, 15) is 4.39 Å². The van der Waals surface area contributed by atoms with E-state index >= 15 is 0 Å². The Balaban J connectivity index is 1.69. The Kier molecular flexibility index (Phi) is 4.06. The van der Waals surface area contributed by atoms with Crippen molar-refractivity contribution in [1.82, 2.24) is 0 Å². The van der Waals surface area contributed by atoms with Gasteiger partial charge in [-0.05, 0) is 29.7 Å². The molecule has 0 saturated carbocycles. The molecular weight excluding hydrogens is 261 g/mol. The van der Waals surface area contributed by atoms with Crippen LogP contribution in [0.3, 0.4) is 0 Å². The molecule has 0 amide bonds. The third-order valence-corrected chi connectivity index (χ3v) is 3.47. The molecule has 1 aromatic heterocycles. The van der Waals surface area contributed by atoms with Crippen LogP contribution in [-0.4, -0.2) is 0 Å². The van der Waals surface area contributed by atoms with Gasteiger partial charge in [-0.2, -0.15) is 0 Å². The molecule has 0 aliphatic heterocycles. The number of halogens is 1. The monoisotopic (exact) mass is 278 g/mol. The summed E-state index contributed by atoms with van der Waals surface area (Å²) in [7, 11) is 0. The van der Waals surface area contributed by atoms with Gasteiger partial charge in [0.2, 0.25) is 0 Å². The van der Waals surface area contributed by atoms with Crippen LogP contribution in [0.5, 0.6) is 0 Å². The topological polar surface area (TPSA) is 3.88 Å². The van der Waals surface area contributed by atoms with E-state index in [-0.39, 0.29) is 5.82 Å². The highest BCUT2D eigenvalue weighted by Gasteiger charge is 2.04. The van der Waals surface area contributed by atoms with Gasteiger partial charge in [-0.3, -0.25) is 0 Å². The SMILES string of the molecule is Fc1cccc(C[n+]2ccc(Cc3ccccc3)cc2)c1. The molecule has 0 spiro atoms. The van der Waals surface area contributed by atoms with Crippen LogP contribution < -0.4 is 4.57 Å². The van der Waals surface area contributed by atoms with Crippen molar-refractivity contribution >= 4 is 0 Å². The van der Waals surface area contributed by atoms with E-state index in [1.165, 1.54) is 17.2 Å². The quantitative estimate of drug-likeness (QED) is 0.640. The Morgan fingerprint density at radius 2 is 1.38 bits per heavy atom. The lowest BCUT2D eigenvalue weighted by Gasteiger charge is -2.02. The second kappa shape index (κ2) is 6.31. The van der Waals surface area contributed by atoms with Crippen molar-refractivity contribution in [2.45, 2.75) is 13.0 Å². The van der Waals surface area contributed by atoms with Crippen molar-refractivity contribution < 1.29 is 8.96 Å². The van der Waals surface area contributed by atoms with Crippen LogP contribution in [0.4, 0.5) is 4.39 Å². The Labute approximate surface area is 124 Å². The smallest absolute Gasteiger partial charge is 0.173 e. The predicted octanol–water partition coefficient (Wildman–Crippen LogP) is 3.75. The molecule has 21 heavy (non-hydrogen) atoms. The molecule has 0 radical (unpaired) electrons. The molecule has 0 N–H and O–H groups in total. The molecule has 0 aliphatic carbocycles. The minimum absolute atomic E-state index is 0.186. The van der Waals surface area contributed by atoms with E-state index in [1.54, 1.807) is 12.1 Å². The average Bonchev–Trinajstić information content (AvgIpc) is 2.50. The lowest BCUT2D eigenvalue weighted by molar-refractivity contribution is -0.688. The number of aromatic nitrogens is 1. The van der Waals surface area contributed by atoms with Gasteiger partial charge in [-0.15, -0.1) is 0 Å². The van der Waals surface area contributed by atoms with Gasteiger partial charge < -0.3 is 0 Å². The van der Waals surface area contributed by atoms with Crippen LogP contribution in [-0.2, 0) is 13.0 Å². The van der Waals surface area contributed by atoms with Crippen molar-refractivity contribution in [3.8, 4) is 0 Å². The van der Waals surface area contributed by atoms with Crippen LogP contribution in [0.25, 0.3) is 0 Å². The van der Waals surface area contributed by atoms with Gasteiger partial charge in [0, 0.05) is 17.7 Å². The van der Waals surface area contributed by atoms with Crippen LogP contribution >= 0.6 is 0 Å². The Morgan fingerprint density at radius 1 is 0.714 bits per heavy atom. The Morgan fingerprint density at radius 3 is 2.10 bits per heavy atom. The summed E-state index contributed by atoms with van der Waals surface area (Å²) >= 11 is 0. The average molecular weight is 278 g/mol. The zero-order valence-corrected chi connectivity index (χ0v) is 11.7. The molecule has 0 saturated heterocycles. The van der Waals surface area contributed by atoms with Crippen molar-refractivity contribution in [3.05, 3.63) is 102 Å². The maximum Gasteiger partial charge on any atom is 0.173 e. The minimum atomic E-state index is -0.186. The molecule has 0 fully saturated rings. The summed E-state index contributed by atoms with van der Waals surface area (Å²) < 4.78 is 15.2. The first kappa shape index (κ1) is 13.5. The van der Waals surface area contributed by atoms with Gasteiger partial charge in [0.25, 0.3) is 0 Å². The standard InChI is InChI=1S/C19H17FN/c20-19-8-4-7-18(14-19)15-21-11-9-17(10-12-21)13-16-5-2-1-3-6-16/h1-12,14H,13,15H2/q+1. The molecule has 1 heterocycles. The van der Waals surface area contributed by atoms with Gasteiger partial charge in [0.1, 0.15) is 5.82 Å². The molecule has 1 nitrogen and oxygen atoms in total. The summed E-state index contributed by atoms with van der Waals surface area (Å²) in [6.07, 6.45) is 5.02. The number of nitrogens with zero attached hydrogens (tertiary/aromatic N) is 1. The molecule has 3 rings (SSSR count). The fourth-order valence-corrected chi connectivity index (χ4v) is 2.39. The highest BCUT2D eigenvalue weighted by atomic mass is 19.1. The van der Waals surface area contributed by atoms with E-state index in [2.05, 4.69) is 41.0 Å². The number of hydrogen-bond donors (Lipinski definition) is 0. The third-order valence-electron chi connectivity index (χ3n) is 3.47. The molecular formula is C19H17FN+. The normalized spacial score (nSPS) is 10.5. The van der Waals surface area contributed by atoms with Gasteiger partial charge >= 0.3 is 0 Å². The van der Waals surface area contributed by atoms with Gasteiger partial charge in [0.15, 0.2) is 18.9 Å². The van der Waals surface area contributed by atoms with E-state index in [1.807, 2.05) is 24.5 Å². The molecule has 0 unspecified atom stereocenters. The number of hydrogen-bond acceptors (Lipinski definition) is 0. The summed E-state index contributed by atoms with van der Waals surface area (Å²) in [5.74, 6) is -0.186. The van der Waals surface area contributed by atoms with Crippen molar-refractivity contribution in [2.24, 2.45) is 0 Å². The van der Waals surface area contributed by atoms with Gasteiger partial charge in [-0.25, -0.2) is 8.96 Å². The first-order valence-corrected chi connectivity index (χ1v) is 7.06. The van der Waals surface area contributed by atoms with Gasteiger partial charge in [-0.1, -0.05) is 42.5 Å². The Bertz CT molecular complexity index is 705. The van der Waals surface area contributed by atoms with Crippen molar-refractivity contribution in [2.75, 3.05) is 0 Å². The molecule has 0 aliphatic rings. The van der Waals surface area contributed by atoms with Crippen LogP contribution in [0, 0.1) is 5.82 Å². The lowest BCUT2D eigenvalue weighted by atomic mass is 10.1. The van der Waals surface area contributed by atoms with E-state index in [0.29, 0.717) is 6.54 Å². The van der Waals surface area contributed by atoms with E-state index < -0.39 is 0 Å². The summed E-state index contributed by atoms with van der Waals surface area (Å²) in [4.78, 5) is 0. The van der Waals surface area contributed by atoms with Gasteiger partial charge in [0.05, 0.1) is 0 Å². The molecule has 2 heteroatoms. The largest absolute Gasteiger partial charge is 0.207 e. The number of benzene rings is 2. The zero-order valence-electron chi connectivity index (χ0n) is 11.7. The number of rotatable bonds is 4. The third kappa shape index (κ3) is 3.76. The first-order valence-electron chi connectivity index (χ1n) is 7.06. The summed E-state index contributed by atoms with van der Waals surface area (Å²) in [6, 6.07) is 21.4. The first-order chi connectivity index (χ1) is 10.3. The second-order valence-electron chi connectivity index (χ2n) is 5.17. The number of pyridine rings is 1. The van der Waals surface area contributed by atoms with E-state index in [0.717, 1.165) is 12.0 Å². The molecule has 3 aromatic rings. The summed E-state index contributed by atoms with van der Waals surface area (Å²) in [6.45, 7) is 0.684. The maximum absolute atomic E-state index is 13.2. The predicted molar refractivity (Wildman–Crippen MR) is 81.4 cm³/mol. The van der Waals surface area contributed by atoms with Crippen molar-refractivity contribution in [1.29, 1.82) is 0 Å². The molecule has 0 atom stereocenters. The Hall–Kier alpha value is -2.48. The zero-order chi connectivity index (χ0) is 14.5. The maximum atomic E-state index is 13.2. The highest BCUT2D eigenvalue weighted by Crippen LogP contribution is 2.08. The molecule has 0 bridgehead atoms. The van der Waals surface area contributed by atoms with E-state index in [4.69, 9.17) is 0 Å². The van der Waals surface area contributed by atoms with Crippen LogP contribution in [0.2, 0.25) is 0 Å². The fourth-order valence-electron chi connectivity index (χ4n) is 2.39. The summed E-state index contributed by atoms with van der Waals surface area (Å²) in [5.41, 5.74) is 3.55. The minimum Gasteiger partial charge on any atom is -0.207 e. The summed E-state index contributed by atoms with van der Waals surface area (Å²) in [5, 5.41) is 0.